The number of rotatable bonds is 7. The maximum absolute atomic E-state index is 12.4. The zero-order valence-corrected chi connectivity index (χ0v) is 17.8. The molecule has 2 aromatic carbocycles. The standard InChI is InChI=1S/C21H24N2O3S2/c1-4-15(2)22-21(24)20-13-17-12-18(10-11-19(17)27-20)23(28(3,25)26)14-16-8-6-5-7-9-16/h5-13,15H,4,14H2,1-3H3,(H,22,24)/t15-/m0/s1. The van der Waals surface area contributed by atoms with Gasteiger partial charge in [-0.2, -0.15) is 0 Å². The Morgan fingerprint density at radius 3 is 2.50 bits per heavy atom. The van der Waals surface area contributed by atoms with Crippen molar-refractivity contribution in [1.82, 2.24) is 5.32 Å². The Kier molecular flexibility index (Phi) is 6.05. The van der Waals surface area contributed by atoms with Gasteiger partial charge in [0.15, 0.2) is 0 Å². The fourth-order valence-corrected chi connectivity index (χ4v) is 4.67. The SMILES string of the molecule is CC[C@H](C)NC(=O)c1cc2cc(N(Cc3ccccc3)S(C)(=O)=O)ccc2s1. The molecule has 28 heavy (non-hydrogen) atoms. The van der Waals surface area contributed by atoms with E-state index in [2.05, 4.69) is 5.32 Å². The van der Waals surface area contributed by atoms with Crippen LogP contribution >= 0.6 is 11.3 Å². The summed E-state index contributed by atoms with van der Waals surface area (Å²) < 4.78 is 27.1. The monoisotopic (exact) mass is 416 g/mol. The lowest BCUT2D eigenvalue weighted by Crippen LogP contribution is -2.31. The van der Waals surface area contributed by atoms with Gasteiger partial charge in [-0.05, 0) is 48.6 Å². The number of benzene rings is 2. The second kappa shape index (κ2) is 8.32. The van der Waals surface area contributed by atoms with E-state index < -0.39 is 10.0 Å². The number of sulfonamides is 1. The Balaban J connectivity index is 1.93. The molecule has 0 fully saturated rings. The van der Waals surface area contributed by atoms with Crippen molar-refractivity contribution < 1.29 is 13.2 Å². The summed E-state index contributed by atoms with van der Waals surface area (Å²) in [5.41, 5.74) is 1.50. The third kappa shape index (κ3) is 4.72. The number of fused-ring (bicyclic) bond motifs is 1. The lowest BCUT2D eigenvalue weighted by Gasteiger charge is -2.22. The first-order valence-electron chi connectivity index (χ1n) is 9.14. The summed E-state index contributed by atoms with van der Waals surface area (Å²) in [5, 5.41) is 3.83. The molecule has 3 aromatic rings. The highest BCUT2D eigenvalue weighted by atomic mass is 32.2. The third-order valence-corrected chi connectivity index (χ3v) is 6.83. The lowest BCUT2D eigenvalue weighted by atomic mass is 10.2. The number of hydrogen-bond donors (Lipinski definition) is 1. The van der Waals surface area contributed by atoms with Crippen LogP contribution in [0.1, 0.15) is 35.5 Å². The summed E-state index contributed by atoms with van der Waals surface area (Å²) in [5.74, 6) is -0.0960. The molecule has 1 amide bonds. The van der Waals surface area contributed by atoms with E-state index >= 15 is 0 Å². The molecular formula is C21H24N2O3S2. The Bertz CT molecular complexity index is 1080. The van der Waals surface area contributed by atoms with Crippen molar-refractivity contribution in [1.29, 1.82) is 0 Å². The minimum Gasteiger partial charge on any atom is -0.349 e. The van der Waals surface area contributed by atoms with Gasteiger partial charge in [-0.3, -0.25) is 9.10 Å². The van der Waals surface area contributed by atoms with Gasteiger partial charge < -0.3 is 5.32 Å². The van der Waals surface area contributed by atoms with E-state index in [0.29, 0.717) is 10.6 Å². The zero-order chi connectivity index (χ0) is 20.3. The molecule has 1 N–H and O–H groups in total. The molecule has 0 aliphatic carbocycles. The summed E-state index contributed by atoms with van der Waals surface area (Å²) in [6.45, 7) is 4.25. The van der Waals surface area contributed by atoms with E-state index in [1.165, 1.54) is 21.9 Å². The van der Waals surface area contributed by atoms with Gasteiger partial charge in [-0.25, -0.2) is 8.42 Å². The van der Waals surface area contributed by atoms with Crippen LogP contribution in [-0.2, 0) is 16.6 Å². The summed E-state index contributed by atoms with van der Waals surface area (Å²) in [7, 11) is -3.46. The number of anilines is 1. The Morgan fingerprint density at radius 2 is 1.86 bits per heavy atom. The molecule has 0 aliphatic heterocycles. The highest BCUT2D eigenvalue weighted by Gasteiger charge is 2.19. The van der Waals surface area contributed by atoms with Gasteiger partial charge in [0, 0.05) is 10.7 Å². The minimum absolute atomic E-state index is 0.0960. The molecule has 0 saturated carbocycles. The van der Waals surface area contributed by atoms with Crippen molar-refractivity contribution in [3.05, 3.63) is 65.0 Å². The molecule has 148 valence electrons. The van der Waals surface area contributed by atoms with E-state index in [9.17, 15) is 13.2 Å². The average molecular weight is 417 g/mol. The van der Waals surface area contributed by atoms with Crippen molar-refractivity contribution in [2.24, 2.45) is 0 Å². The fraction of sp³-hybridized carbons (Fsp3) is 0.286. The zero-order valence-electron chi connectivity index (χ0n) is 16.2. The quantitative estimate of drug-likeness (QED) is 0.621. The molecule has 0 unspecified atom stereocenters. The van der Waals surface area contributed by atoms with Gasteiger partial charge in [-0.15, -0.1) is 11.3 Å². The van der Waals surface area contributed by atoms with Crippen molar-refractivity contribution in [3.8, 4) is 0 Å². The molecule has 1 heterocycles. The molecule has 5 nitrogen and oxygen atoms in total. The third-order valence-electron chi connectivity index (χ3n) is 4.57. The van der Waals surface area contributed by atoms with Crippen LogP contribution in [0.25, 0.3) is 10.1 Å². The van der Waals surface area contributed by atoms with Crippen LogP contribution in [-0.4, -0.2) is 26.6 Å². The van der Waals surface area contributed by atoms with E-state index in [4.69, 9.17) is 0 Å². The lowest BCUT2D eigenvalue weighted by molar-refractivity contribution is 0.0943. The van der Waals surface area contributed by atoms with Gasteiger partial charge in [0.2, 0.25) is 10.0 Å². The van der Waals surface area contributed by atoms with Gasteiger partial charge >= 0.3 is 0 Å². The normalized spacial score (nSPS) is 12.7. The molecule has 7 heteroatoms. The second-order valence-corrected chi connectivity index (χ2v) is 9.86. The number of carbonyl (C=O) groups excluding carboxylic acids is 1. The predicted molar refractivity (Wildman–Crippen MR) is 117 cm³/mol. The molecule has 3 rings (SSSR count). The van der Waals surface area contributed by atoms with Crippen molar-refractivity contribution in [3.63, 3.8) is 0 Å². The van der Waals surface area contributed by atoms with Crippen molar-refractivity contribution in [2.75, 3.05) is 10.6 Å². The van der Waals surface area contributed by atoms with Gasteiger partial charge in [-0.1, -0.05) is 37.3 Å². The van der Waals surface area contributed by atoms with Gasteiger partial charge in [0.25, 0.3) is 5.91 Å². The van der Waals surface area contributed by atoms with Crippen LogP contribution < -0.4 is 9.62 Å². The number of nitrogens with one attached hydrogen (secondary N) is 1. The van der Waals surface area contributed by atoms with Crippen LogP contribution in [0.3, 0.4) is 0 Å². The van der Waals surface area contributed by atoms with Crippen molar-refractivity contribution >= 4 is 43.0 Å². The van der Waals surface area contributed by atoms with Gasteiger partial charge in [0.05, 0.1) is 23.4 Å². The number of nitrogens with zero attached hydrogens (tertiary/aromatic N) is 1. The van der Waals surface area contributed by atoms with E-state index in [0.717, 1.165) is 22.1 Å². The topological polar surface area (TPSA) is 66.5 Å². The number of amides is 1. The van der Waals surface area contributed by atoms with Crippen LogP contribution in [0.2, 0.25) is 0 Å². The Hall–Kier alpha value is -2.38. The average Bonchev–Trinajstić information content (AvgIpc) is 3.09. The van der Waals surface area contributed by atoms with Crippen LogP contribution in [0.5, 0.6) is 0 Å². The predicted octanol–water partition coefficient (Wildman–Crippen LogP) is 4.40. The highest BCUT2D eigenvalue weighted by molar-refractivity contribution is 7.92. The first-order valence-corrected chi connectivity index (χ1v) is 11.8. The summed E-state index contributed by atoms with van der Waals surface area (Å²) >= 11 is 1.41. The molecule has 0 aliphatic rings. The number of hydrogen-bond acceptors (Lipinski definition) is 4. The fourth-order valence-electron chi connectivity index (χ4n) is 2.84. The van der Waals surface area contributed by atoms with E-state index in [1.54, 1.807) is 6.07 Å². The molecule has 1 atom stereocenters. The molecule has 1 aromatic heterocycles. The maximum atomic E-state index is 12.4. The van der Waals surface area contributed by atoms with Crippen LogP contribution in [0.4, 0.5) is 5.69 Å². The summed E-state index contributed by atoms with van der Waals surface area (Å²) in [6, 6.07) is 16.9. The molecule has 0 bridgehead atoms. The number of thiophene rings is 1. The first kappa shape index (κ1) is 20.4. The number of carbonyl (C=O) groups is 1. The van der Waals surface area contributed by atoms with E-state index in [-0.39, 0.29) is 18.5 Å². The highest BCUT2D eigenvalue weighted by Crippen LogP contribution is 2.31. The summed E-state index contributed by atoms with van der Waals surface area (Å²) in [4.78, 5) is 13.0. The van der Waals surface area contributed by atoms with Crippen LogP contribution in [0.15, 0.2) is 54.6 Å². The molecule has 0 radical (unpaired) electrons. The second-order valence-electron chi connectivity index (χ2n) is 6.87. The maximum Gasteiger partial charge on any atom is 0.261 e. The minimum atomic E-state index is -3.46. The molecular weight excluding hydrogens is 392 g/mol. The molecule has 0 spiro atoms. The van der Waals surface area contributed by atoms with Crippen LogP contribution in [0, 0.1) is 0 Å². The van der Waals surface area contributed by atoms with Gasteiger partial charge in [0.1, 0.15) is 0 Å². The smallest absolute Gasteiger partial charge is 0.261 e. The molecule has 0 saturated heterocycles. The Morgan fingerprint density at radius 1 is 1.14 bits per heavy atom. The first-order chi connectivity index (χ1) is 13.3. The largest absolute Gasteiger partial charge is 0.349 e. The van der Waals surface area contributed by atoms with Crippen molar-refractivity contribution in [2.45, 2.75) is 32.9 Å². The Labute approximate surface area is 170 Å². The summed E-state index contributed by atoms with van der Waals surface area (Å²) in [6.07, 6.45) is 2.07. The van der Waals surface area contributed by atoms with E-state index in [1.807, 2.05) is 62.4 Å².